The van der Waals surface area contributed by atoms with Crippen molar-refractivity contribution in [3.8, 4) is 0 Å². The smallest absolute Gasteiger partial charge is 0.126 e. The molecule has 1 unspecified atom stereocenters. The minimum absolute atomic E-state index is 0.0861. The first-order chi connectivity index (χ1) is 8.17. The molecule has 4 heteroatoms. The van der Waals surface area contributed by atoms with Crippen molar-refractivity contribution in [1.82, 2.24) is 5.32 Å². The van der Waals surface area contributed by atoms with Crippen LogP contribution in [0, 0.1) is 11.6 Å². The summed E-state index contributed by atoms with van der Waals surface area (Å²) in [5, 5.41) is 3.04. The molecule has 2 nitrogen and oxygen atoms in total. The van der Waals surface area contributed by atoms with Gasteiger partial charge in [-0.1, -0.05) is 6.92 Å². The molecule has 0 aliphatic heterocycles. The number of rotatable bonds is 7. The minimum Gasteiger partial charge on any atom is -0.381 e. The lowest BCUT2D eigenvalue weighted by molar-refractivity contribution is 0.125. The van der Waals surface area contributed by atoms with Gasteiger partial charge in [0.1, 0.15) is 11.6 Å². The normalized spacial score (nSPS) is 12.7. The van der Waals surface area contributed by atoms with Gasteiger partial charge in [-0.05, 0) is 37.6 Å². The van der Waals surface area contributed by atoms with Crippen molar-refractivity contribution < 1.29 is 13.5 Å². The third-order valence-electron chi connectivity index (χ3n) is 2.54. The fourth-order valence-corrected chi connectivity index (χ4v) is 1.70. The average Bonchev–Trinajstić information content (AvgIpc) is 2.28. The van der Waals surface area contributed by atoms with Gasteiger partial charge in [0, 0.05) is 25.3 Å². The van der Waals surface area contributed by atoms with Crippen LogP contribution in [-0.4, -0.2) is 20.3 Å². The van der Waals surface area contributed by atoms with Crippen molar-refractivity contribution in [2.45, 2.75) is 25.8 Å². The van der Waals surface area contributed by atoms with E-state index in [1.807, 2.05) is 6.92 Å². The van der Waals surface area contributed by atoms with Crippen molar-refractivity contribution in [2.24, 2.45) is 0 Å². The van der Waals surface area contributed by atoms with E-state index in [0.717, 1.165) is 12.5 Å². The summed E-state index contributed by atoms with van der Waals surface area (Å²) in [5.41, 5.74) is 0.616. The Balaban J connectivity index is 2.59. The van der Waals surface area contributed by atoms with Gasteiger partial charge in [-0.3, -0.25) is 0 Å². The highest BCUT2D eigenvalue weighted by atomic mass is 19.1. The van der Waals surface area contributed by atoms with Gasteiger partial charge in [0.05, 0.1) is 0 Å². The Morgan fingerprint density at radius 2 is 1.82 bits per heavy atom. The third-order valence-corrected chi connectivity index (χ3v) is 2.54. The van der Waals surface area contributed by atoms with Crippen LogP contribution < -0.4 is 5.32 Å². The molecule has 0 radical (unpaired) electrons. The summed E-state index contributed by atoms with van der Waals surface area (Å²) >= 11 is 0. The fourth-order valence-electron chi connectivity index (χ4n) is 1.70. The maximum atomic E-state index is 13.1. The second-order valence-corrected chi connectivity index (χ2v) is 3.95. The van der Waals surface area contributed by atoms with Crippen LogP contribution in [0.4, 0.5) is 8.78 Å². The van der Waals surface area contributed by atoms with Gasteiger partial charge >= 0.3 is 0 Å². The maximum Gasteiger partial charge on any atom is 0.126 e. The summed E-state index contributed by atoms with van der Waals surface area (Å²) in [4.78, 5) is 0. The van der Waals surface area contributed by atoms with Crippen LogP contribution in [-0.2, 0) is 4.74 Å². The highest BCUT2D eigenvalue weighted by Crippen LogP contribution is 2.19. The van der Waals surface area contributed by atoms with E-state index < -0.39 is 11.6 Å². The molecule has 1 aromatic rings. The molecule has 1 N–H and O–H groups in total. The zero-order valence-corrected chi connectivity index (χ0v) is 10.3. The Hall–Kier alpha value is -1.00. The van der Waals surface area contributed by atoms with E-state index in [0.29, 0.717) is 25.2 Å². The summed E-state index contributed by atoms with van der Waals surface area (Å²) in [6, 6.07) is 3.50. The minimum atomic E-state index is -0.547. The summed E-state index contributed by atoms with van der Waals surface area (Å²) in [6.07, 6.45) is 1.66. The van der Waals surface area contributed by atoms with E-state index in [-0.39, 0.29) is 6.04 Å². The van der Waals surface area contributed by atoms with Gasteiger partial charge in [0.2, 0.25) is 0 Å². The Morgan fingerprint density at radius 1 is 1.18 bits per heavy atom. The van der Waals surface area contributed by atoms with Crippen LogP contribution in [0.25, 0.3) is 0 Å². The van der Waals surface area contributed by atoms with Gasteiger partial charge in [-0.15, -0.1) is 0 Å². The van der Waals surface area contributed by atoms with Gasteiger partial charge in [-0.25, -0.2) is 8.78 Å². The molecule has 1 rings (SSSR count). The van der Waals surface area contributed by atoms with E-state index in [4.69, 9.17) is 4.74 Å². The van der Waals surface area contributed by atoms with Crippen LogP contribution in [0.1, 0.15) is 31.4 Å². The van der Waals surface area contributed by atoms with E-state index in [1.54, 1.807) is 7.05 Å². The predicted octanol–water partition coefficient (Wildman–Crippen LogP) is 3.04. The molecule has 0 aliphatic carbocycles. The molecule has 1 atom stereocenters. The van der Waals surface area contributed by atoms with Crippen LogP contribution in [0.2, 0.25) is 0 Å². The molecule has 0 aliphatic rings. The summed E-state index contributed by atoms with van der Waals surface area (Å²) in [6.45, 7) is 3.34. The molecule has 0 saturated carbocycles. The molecule has 0 fully saturated rings. The van der Waals surface area contributed by atoms with E-state index >= 15 is 0 Å². The number of halogens is 2. The first-order valence-electron chi connectivity index (χ1n) is 5.88. The summed E-state index contributed by atoms with van der Waals surface area (Å²) in [5.74, 6) is -1.09. The number of hydrogen-bond donors (Lipinski definition) is 1. The Labute approximate surface area is 101 Å². The van der Waals surface area contributed by atoms with Crippen molar-refractivity contribution in [1.29, 1.82) is 0 Å². The largest absolute Gasteiger partial charge is 0.381 e. The zero-order chi connectivity index (χ0) is 12.7. The number of hydrogen-bond acceptors (Lipinski definition) is 2. The lowest BCUT2D eigenvalue weighted by atomic mass is 10.0. The predicted molar refractivity (Wildman–Crippen MR) is 63.9 cm³/mol. The second kappa shape index (κ2) is 7.35. The van der Waals surface area contributed by atoms with E-state index in [9.17, 15) is 8.78 Å². The van der Waals surface area contributed by atoms with Gasteiger partial charge in [0.15, 0.2) is 0 Å². The van der Waals surface area contributed by atoms with Crippen molar-refractivity contribution >= 4 is 0 Å². The number of ether oxygens (including phenoxy) is 1. The molecule has 17 heavy (non-hydrogen) atoms. The monoisotopic (exact) mass is 243 g/mol. The third kappa shape index (κ3) is 4.79. The molecule has 0 aromatic heterocycles. The van der Waals surface area contributed by atoms with Crippen molar-refractivity contribution in [2.75, 3.05) is 20.3 Å². The first kappa shape index (κ1) is 14.1. The molecule has 0 bridgehead atoms. The van der Waals surface area contributed by atoms with Crippen LogP contribution >= 0.6 is 0 Å². The Bertz CT molecular complexity index is 324. The van der Waals surface area contributed by atoms with Crippen molar-refractivity contribution in [3.63, 3.8) is 0 Å². The Morgan fingerprint density at radius 3 is 2.35 bits per heavy atom. The maximum absolute atomic E-state index is 13.1. The Kier molecular flexibility index (Phi) is 6.08. The first-order valence-corrected chi connectivity index (χ1v) is 5.88. The van der Waals surface area contributed by atoms with E-state index in [1.165, 1.54) is 12.1 Å². The fraction of sp³-hybridized carbons (Fsp3) is 0.538. The van der Waals surface area contributed by atoms with Crippen LogP contribution in [0.3, 0.4) is 0 Å². The number of benzene rings is 1. The number of nitrogens with one attached hydrogen (secondary N) is 1. The van der Waals surface area contributed by atoms with Gasteiger partial charge < -0.3 is 10.1 Å². The molecule has 0 amide bonds. The molecule has 0 saturated heterocycles. The topological polar surface area (TPSA) is 21.3 Å². The van der Waals surface area contributed by atoms with Crippen LogP contribution in [0.15, 0.2) is 18.2 Å². The molecule has 0 spiro atoms. The molecular weight excluding hydrogens is 224 g/mol. The van der Waals surface area contributed by atoms with Gasteiger partial charge in [-0.2, -0.15) is 0 Å². The highest BCUT2D eigenvalue weighted by Gasteiger charge is 2.11. The molecular formula is C13H19F2NO. The quantitative estimate of drug-likeness (QED) is 0.743. The molecule has 1 aromatic carbocycles. The van der Waals surface area contributed by atoms with E-state index in [2.05, 4.69) is 5.32 Å². The SMILES string of the molecule is CCCOCCC(NC)c1cc(F)cc(F)c1. The molecule has 0 heterocycles. The van der Waals surface area contributed by atoms with Crippen molar-refractivity contribution in [3.05, 3.63) is 35.4 Å². The zero-order valence-electron chi connectivity index (χ0n) is 10.3. The van der Waals surface area contributed by atoms with Crippen LogP contribution in [0.5, 0.6) is 0 Å². The van der Waals surface area contributed by atoms with Gasteiger partial charge in [0.25, 0.3) is 0 Å². The highest BCUT2D eigenvalue weighted by molar-refractivity contribution is 5.21. The lowest BCUT2D eigenvalue weighted by Crippen LogP contribution is -2.18. The lowest BCUT2D eigenvalue weighted by Gasteiger charge is -2.16. The second-order valence-electron chi connectivity index (χ2n) is 3.95. The average molecular weight is 243 g/mol. The standard InChI is InChI=1S/C13H19F2NO/c1-3-5-17-6-4-13(16-2)10-7-11(14)9-12(15)8-10/h7-9,13,16H,3-6H2,1-2H3. The molecule has 96 valence electrons. The summed E-state index contributed by atoms with van der Waals surface area (Å²) < 4.78 is 31.5. The summed E-state index contributed by atoms with van der Waals surface area (Å²) in [7, 11) is 1.77.